The van der Waals surface area contributed by atoms with Crippen LogP contribution in [0.2, 0.25) is 0 Å². The number of carbonyl (C=O) groups is 1. The van der Waals surface area contributed by atoms with Crippen molar-refractivity contribution in [2.75, 3.05) is 5.32 Å². The lowest BCUT2D eigenvalue weighted by Gasteiger charge is -2.19. The van der Waals surface area contributed by atoms with Crippen molar-refractivity contribution >= 4 is 11.8 Å². The molecule has 0 radical (unpaired) electrons. The third-order valence-corrected chi connectivity index (χ3v) is 2.16. The number of carbonyl (C=O) groups excluding carboxylic acids is 1. The van der Waals surface area contributed by atoms with Gasteiger partial charge in [-0.2, -0.15) is 0 Å². The maximum Gasteiger partial charge on any atom is 0.412 e. The topological polar surface area (TPSA) is 64.3 Å². The van der Waals surface area contributed by atoms with Crippen LogP contribution in [0, 0.1) is 0 Å². The van der Waals surface area contributed by atoms with Gasteiger partial charge in [0.2, 0.25) is 0 Å². The zero-order chi connectivity index (χ0) is 13.8. The third kappa shape index (κ3) is 5.68. The van der Waals surface area contributed by atoms with Gasteiger partial charge in [0, 0.05) is 11.7 Å². The highest BCUT2D eigenvalue weighted by Crippen LogP contribution is 2.13. The second-order valence-corrected chi connectivity index (χ2v) is 5.51. The van der Waals surface area contributed by atoms with Gasteiger partial charge in [-0.3, -0.25) is 5.32 Å². The number of amides is 1. The first kappa shape index (κ1) is 14.5. The zero-order valence-corrected chi connectivity index (χ0v) is 11.5. The van der Waals surface area contributed by atoms with Gasteiger partial charge in [-0.05, 0) is 51.8 Å². The normalized spacial score (nSPS) is 12.9. The number of nitrogens with two attached hydrogens (primary N) is 1. The highest BCUT2D eigenvalue weighted by molar-refractivity contribution is 5.84. The van der Waals surface area contributed by atoms with Crippen molar-refractivity contribution in [1.29, 1.82) is 0 Å². The molecule has 0 aliphatic rings. The predicted molar refractivity (Wildman–Crippen MR) is 73.7 cm³/mol. The molecule has 1 atom stereocenters. The Labute approximate surface area is 109 Å². The lowest BCUT2D eigenvalue weighted by Crippen LogP contribution is -2.27. The first-order valence-corrected chi connectivity index (χ1v) is 6.11. The Kier molecular flexibility index (Phi) is 4.73. The van der Waals surface area contributed by atoms with E-state index in [1.807, 2.05) is 52.0 Å². The van der Waals surface area contributed by atoms with E-state index in [0.717, 1.165) is 17.7 Å². The molecule has 0 aliphatic carbocycles. The van der Waals surface area contributed by atoms with Crippen molar-refractivity contribution in [2.45, 2.75) is 45.8 Å². The highest BCUT2D eigenvalue weighted by Gasteiger charge is 2.15. The third-order valence-electron chi connectivity index (χ3n) is 2.16. The van der Waals surface area contributed by atoms with E-state index in [2.05, 4.69) is 5.32 Å². The summed E-state index contributed by atoms with van der Waals surface area (Å²) >= 11 is 0. The Hall–Kier alpha value is -1.55. The van der Waals surface area contributed by atoms with Crippen molar-refractivity contribution in [3.05, 3.63) is 29.8 Å². The van der Waals surface area contributed by atoms with Crippen LogP contribution < -0.4 is 11.1 Å². The smallest absolute Gasteiger partial charge is 0.412 e. The number of anilines is 1. The van der Waals surface area contributed by atoms with Gasteiger partial charge in [-0.25, -0.2) is 4.79 Å². The van der Waals surface area contributed by atoms with E-state index in [-0.39, 0.29) is 6.04 Å². The van der Waals surface area contributed by atoms with Crippen LogP contribution in [-0.2, 0) is 11.2 Å². The van der Waals surface area contributed by atoms with Gasteiger partial charge in [-0.15, -0.1) is 0 Å². The molecule has 0 heterocycles. The van der Waals surface area contributed by atoms with E-state index >= 15 is 0 Å². The molecule has 0 fully saturated rings. The largest absolute Gasteiger partial charge is 0.444 e. The Balaban J connectivity index is 2.56. The average Bonchev–Trinajstić information content (AvgIpc) is 2.17. The van der Waals surface area contributed by atoms with Gasteiger partial charge in [0.15, 0.2) is 0 Å². The van der Waals surface area contributed by atoms with E-state index in [1.54, 1.807) is 0 Å². The van der Waals surface area contributed by atoms with Crippen molar-refractivity contribution in [1.82, 2.24) is 0 Å². The van der Waals surface area contributed by atoms with E-state index in [1.165, 1.54) is 0 Å². The number of nitrogens with one attached hydrogen (secondary N) is 1. The number of ether oxygens (including phenoxy) is 1. The summed E-state index contributed by atoms with van der Waals surface area (Å²) in [5, 5.41) is 2.69. The molecule has 1 unspecified atom stereocenters. The van der Waals surface area contributed by atoms with Crippen molar-refractivity contribution in [3.63, 3.8) is 0 Å². The molecule has 0 saturated heterocycles. The molecule has 18 heavy (non-hydrogen) atoms. The summed E-state index contributed by atoms with van der Waals surface area (Å²) in [5.74, 6) is 0. The second kappa shape index (κ2) is 5.87. The fraction of sp³-hybridized carbons (Fsp3) is 0.500. The van der Waals surface area contributed by atoms with Gasteiger partial charge in [0.1, 0.15) is 5.60 Å². The van der Waals surface area contributed by atoms with Crippen LogP contribution in [0.3, 0.4) is 0 Å². The predicted octanol–water partition coefficient (Wildman–Crippen LogP) is 2.92. The summed E-state index contributed by atoms with van der Waals surface area (Å²) in [6.45, 7) is 7.46. The maximum absolute atomic E-state index is 11.5. The van der Waals surface area contributed by atoms with E-state index in [4.69, 9.17) is 10.5 Å². The first-order valence-electron chi connectivity index (χ1n) is 6.11. The molecule has 1 aromatic carbocycles. The molecular weight excluding hydrogens is 228 g/mol. The summed E-state index contributed by atoms with van der Waals surface area (Å²) in [4.78, 5) is 11.5. The minimum absolute atomic E-state index is 0.134. The summed E-state index contributed by atoms with van der Waals surface area (Å²) in [5.41, 5.74) is 7.11. The molecule has 0 bridgehead atoms. The maximum atomic E-state index is 11.5. The van der Waals surface area contributed by atoms with Crippen molar-refractivity contribution in [2.24, 2.45) is 5.73 Å². The molecule has 4 heteroatoms. The summed E-state index contributed by atoms with van der Waals surface area (Å²) in [7, 11) is 0. The van der Waals surface area contributed by atoms with Crippen LogP contribution in [0.25, 0.3) is 0 Å². The molecule has 0 saturated carbocycles. The molecule has 0 aromatic heterocycles. The van der Waals surface area contributed by atoms with Gasteiger partial charge in [0.25, 0.3) is 0 Å². The number of hydrogen-bond acceptors (Lipinski definition) is 3. The second-order valence-electron chi connectivity index (χ2n) is 5.51. The van der Waals surface area contributed by atoms with Crippen LogP contribution in [0.4, 0.5) is 10.5 Å². The molecule has 1 aromatic rings. The summed E-state index contributed by atoms with van der Waals surface area (Å²) < 4.78 is 5.17. The van der Waals surface area contributed by atoms with Gasteiger partial charge in [0.05, 0.1) is 0 Å². The summed E-state index contributed by atoms with van der Waals surface area (Å²) in [6.07, 6.45) is 0.384. The SMILES string of the molecule is CC(N)Cc1ccc(NC(=O)OC(C)(C)C)cc1. The van der Waals surface area contributed by atoms with E-state index < -0.39 is 11.7 Å². The first-order chi connectivity index (χ1) is 8.26. The monoisotopic (exact) mass is 250 g/mol. The lowest BCUT2D eigenvalue weighted by molar-refractivity contribution is 0.0636. The number of hydrogen-bond donors (Lipinski definition) is 2. The Morgan fingerprint density at radius 2 is 1.89 bits per heavy atom. The molecule has 100 valence electrons. The fourth-order valence-electron chi connectivity index (χ4n) is 1.52. The minimum Gasteiger partial charge on any atom is -0.444 e. The standard InChI is InChI=1S/C14H22N2O2/c1-10(15)9-11-5-7-12(8-6-11)16-13(17)18-14(2,3)4/h5-8,10H,9,15H2,1-4H3,(H,16,17). The fourth-order valence-corrected chi connectivity index (χ4v) is 1.52. The van der Waals surface area contributed by atoms with E-state index in [0.29, 0.717) is 0 Å². The number of rotatable bonds is 3. The van der Waals surface area contributed by atoms with Gasteiger partial charge in [-0.1, -0.05) is 12.1 Å². The van der Waals surface area contributed by atoms with E-state index in [9.17, 15) is 4.79 Å². The van der Waals surface area contributed by atoms with Gasteiger partial charge < -0.3 is 10.5 Å². The zero-order valence-electron chi connectivity index (χ0n) is 11.5. The van der Waals surface area contributed by atoms with Gasteiger partial charge >= 0.3 is 6.09 Å². The average molecular weight is 250 g/mol. The molecule has 3 N–H and O–H groups in total. The minimum atomic E-state index is -0.487. The Morgan fingerprint density at radius 3 is 2.33 bits per heavy atom. The van der Waals surface area contributed by atoms with Crippen LogP contribution >= 0.6 is 0 Å². The van der Waals surface area contributed by atoms with Crippen molar-refractivity contribution < 1.29 is 9.53 Å². The molecule has 4 nitrogen and oxygen atoms in total. The molecule has 1 amide bonds. The summed E-state index contributed by atoms with van der Waals surface area (Å²) in [6, 6.07) is 7.74. The van der Waals surface area contributed by atoms with Crippen LogP contribution in [0.15, 0.2) is 24.3 Å². The molecule has 0 spiro atoms. The number of benzene rings is 1. The Morgan fingerprint density at radius 1 is 1.33 bits per heavy atom. The van der Waals surface area contributed by atoms with Crippen LogP contribution in [0.5, 0.6) is 0 Å². The molecule has 0 aliphatic heterocycles. The highest BCUT2D eigenvalue weighted by atomic mass is 16.6. The molecular formula is C14H22N2O2. The Bertz CT molecular complexity index is 391. The molecule has 1 rings (SSSR count). The lowest BCUT2D eigenvalue weighted by atomic mass is 10.1. The van der Waals surface area contributed by atoms with Crippen LogP contribution in [-0.4, -0.2) is 17.7 Å². The van der Waals surface area contributed by atoms with Crippen LogP contribution in [0.1, 0.15) is 33.3 Å². The quantitative estimate of drug-likeness (QED) is 0.867. The van der Waals surface area contributed by atoms with Crippen molar-refractivity contribution in [3.8, 4) is 0 Å².